The molecule has 0 unspecified atom stereocenters. The topological polar surface area (TPSA) is 121 Å². The lowest BCUT2D eigenvalue weighted by atomic mass is 10.0. The van der Waals surface area contributed by atoms with E-state index in [4.69, 9.17) is 16.9 Å². The SMILES string of the molecule is Cc1ccncc1N(C)C(=O)/C(C#N)=C(\O)c1cc(Cl)c(O)c(C#N)c1. The van der Waals surface area contributed by atoms with Crippen molar-refractivity contribution in [3.63, 3.8) is 0 Å². The number of amides is 1. The van der Waals surface area contributed by atoms with Crippen molar-refractivity contribution < 1.29 is 15.0 Å². The van der Waals surface area contributed by atoms with Crippen LogP contribution < -0.4 is 4.90 Å². The number of likely N-dealkylation sites (N-methyl/N-ethyl adjacent to an activating group) is 1. The standard InChI is InChI=1S/C18H13ClN4O3/c1-10-3-4-22-9-15(10)23(2)18(26)13(8-21)16(24)11-5-12(7-20)17(25)14(19)6-11/h3-6,9,24-25H,1-2H3/b16-13-. The van der Waals surface area contributed by atoms with Crippen molar-refractivity contribution in [2.24, 2.45) is 0 Å². The molecule has 2 rings (SSSR count). The molecule has 0 atom stereocenters. The molecule has 8 heteroatoms. The molecule has 2 N–H and O–H groups in total. The normalized spacial score (nSPS) is 11.1. The molecule has 0 aliphatic carbocycles. The van der Waals surface area contributed by atoms with E-state index in [2.05, 4.69) is 4.98 Å². The minimum atomic E-state index is -0.760. The number of aryl methyl sites for hydroxylation is 1. The number of nitrogens with zero attached hydrogens (tertiary/aromatic N) is 4. The number of halogens is 1. The van der Waals surface area contributed by atoms with Crippen LogP contribution in [0.5, 0.6) is 5.75 Å². The van der Waals surface area contributed by atoms with Crippen molar-refractivity contribution >= 4 is 29.0 Å². The van der Waals surface area contributed by atoms with Gasteiger partial charge in [0.2, 0.25) is 0 Å². The Morgan fingerprint density at radius 2 is 2.04 bits per heavy atom. The van der Waals surface area contributed by atoms with E-state index >= 15 is 0 Å². The van der Waals surface area contributed by atoms with Crippen LogP contribution in [0.4, 0.5) is 5.69 Å². The summed E-state index contributed by atoms with van der Waals surface area (Å²) in [6.07, 6.45) is 3.03. The average molecular weight is 369 g/mol. The first-order valence-corrected chi connectivity index (χ1v) is 7.64. The molecule has 0 fully saturated rings. The van der Waals surface area contributed by atoms with E-state index in [0.717, 1.165) is 17.7 Å². The van der Waals surface area contributed by atoms with Crippen LogP contribution in [-0.4, -0.2) is 28.2 Å². The maximum Gasteiger partial charge on any atom is 0.272 e. The summed E-state index contributed by atoms with van der Waals surface area (Å²) in [4.78, 5) is 17.8. The van der Waals surface area contributed by atoms with E-state index in [-0.39, 0.29) is 16.1 Å². The van der Waals surface area contributed by atoms with Gasteiger partial charge >= 0.3 is 0 Å². The number of aliphatic hydroxyl groups excluding tert-OH is 1. The first kappa shape index (κ1) is 18.8. The van der Waals surface area contributed by atoms with Gasteiger partial charge in [0.15, 0.2) is 11.3 Å². The summed E-state index contributed by atoms with van der Waals surface area (Å²) in [5.74, 6) is -1.85. The molecule has 0 aliphatic heterocycles. The molecule has 130 valence electrons. The molecule has 0 aliphatic rings. The van der Waals surface area contributed by atoms with Crippen molar-refractivity contribution in [1.29, 1.82) is 10.5 Å². The predicted octanol–water partition coefficient (Wildman–Crippen LogP) is 3.08. The fourth-order valence-corrected chi connectivity index (χ4v) is 2.47. The number of rotatable bonds is 3. The van der Waals surface area contributed by atoms with Crippen LogP contribution in [0.1, 0.15) is 16.7 Å². The Labute approximate surface area is 154 Å². The Morgan fingerprint density at radius 1 is 1.35 bits per heavy atom. The number of pyridine rings is 1. The van der Waals surface area contributed by atoms with Gasteiger partial charge in [-0.25, -0.2) is 0 Å². The van der Waals surface area contributed by atoms with Crippen molar-refractivity contribution in [2.75, 3.05) is 11.9 Å². The van der Waals surface area contributed by atoms with Gasteiger partial charge in [-0.05, 0) is 30.7 Å². The Morgan fingerprint density at radius 3 is 2.62 bits per heavy atom. The summed E-state index contributed by atoms with van der Waals surface area (Å²) in [5, 5.41) is 38.3. The highest BCUT2D eigenvalue weighted by Crippen LogP contribution is 2.32. The van der Waals surface area contributed by atoms with Gasteiger partial charge in [0.05, 0.1) is 22.5 Å². The molecule has 0 saturated heterocycles. The summed E-state index contributed by atoms with van der Waals surface area (Å²) in [7, 11) is 1.45. The van der Waals surface area contributed by atoms with Gasteiger partial charge in [0.1, 0.15) is 17.9 Å². The Bertz CT molecular complexity index is 1000. The predicted molar refractivity (Wildman–Crippen MR) is 95.4 cm³/mol. The fraction of sp³-hybridized carbons (Fsp3) is 0.111. The average Bonchev–Trinajstić information content (AvgIpc) is 2.64. The fourth-order valence-electron chi connectivity index (χ4n) is 2.25. The monoisotopic (exact) mass is 368 g/mol. The lowest BCUT2D eigenvalue weighted by Gasteiger charge is -2.19. The molecule has 1 amide bonds. The van der Waals surface area contributed by atoms with Crippen LogP contribution in [-0.2, 0) is 4.79 Å². The van der Waals surface area contributed by atoms with Gasteiger partial charge in [-0.15, -0.1) is 0 Å². The van der Waals surface area contributed by atoms with Crippen LogP contribution in [0.2, 0.25) is 5.02 Å². The number of benzene rings is 1. The van der Waals surface area contributed by atoms with Gasteiger partial charge in [0.25, 0.3) is 5.91 Å². The van der Waals surface area contributed by atoms with Crippen LogP contribution in [0.25, 0.3) is 5.76 Å². The maximum absolute atomic E-state index is 12.7. The van der Waals surface area contributed by atoms with Crippen LogP contribution >= 0.6 is 11.6 Å². The first-order chi connectivity index (χ1) is 12.3. The lowest BCUT2D eigenvalue weighted by Crippen LogP contribution is -2.28. The number of phenols is 1. The summed E-state index contributed by atoms with van der Waals surface area (Å²) >= 11 is 5.83. The van der Waals surface area contributed by atoms with Crippen LogP contribution in [0.15, 0.2) is 36.2 Å². The largest absolute Gasteiger partial charge is 0.506 e. The van der Waals surface area contributed by atoms with Crippen molar-refractivity contribution in [2.45, 2.75) is 6.92 Å². The Kier molecular flexibility index (Phi) is 5.46. The van der Waals surface area contributed by atoms with Gasteiger partial charge < -0.3 is 15.1 Å². The number of phenolic OH excluding ortho intramolecular Hbond substituents is 1. The van der Waals surface area contributed by atoms with E-state index < -0.39 is 23.0 Å². The lowest BCUT2D eigenvalue weighted by molar-refractivity contribution is -0.114. The summed E-state index contributed by atoms with van der Waals surface area (Å²) < 4.78 is 0. The third-order valence-electron chi connectivity index (χ3n) is 3.70. The third kappa shape index (κ3) is 3.44. The van der Waals surface area contributed by atoms with Gasteiger partial charge in [-0.3, -0.25) is 9.78 Å². The second-order valence-electron chi connectivity index (χ2n) is 5.33. The minimum absolute atomic E-state index is 0.0365. The maximum atomic E-state index is 12.7. The molecule has 7 nitrogen and oxygen atoms in total. The number of aromatic nitrogens is 1. The molecular weight excluding hydrogens is 356 g/mol. The van der Waals surface area contributed by atoms with E-state index in [0.29, 0.717) is 5.69 Å². The second-order valence-corrected chi connectivity index (χ2v) is 5.73. The van der Waals surface area contributed by atoms with E-state index in [9.17, 15) is 20.3 Å². The number of carbonyl (C=O) groups excluding carboxylic acids is 1. The van der Waals surface area contributed by atoms with Gasteiger partial charge in [0, 0.05) is 18.8 Å². The minimum Gasteiger partial charge on any atom is -0.506 e. The first-order valence-electron chi connectivity index (χ1n) is 7.26. The molecule has 2 aromatic rings. The number of nitriles is 2. The zero-order chi connectivity index (χ0) is 19.4. The number of aromatic hydroxyl groups is 1. The molecular formula is C18H13ClN4O3. The molecule has 1 aromatic heterocycles. The summed E-state index contributed by atoms with van der Waals surface area (Å²) in [6.45, 7) is 1.77. The van der Waals surface area contributed by atoms with Gasteiger partial charge in [-0.2, -0.15) is 10.5 Å². The van der Waals surface area contributed by atoms with Crippen LogP contribution in [0.3, 0.4) is 0 Å². The van der Waals surface area contributed by atoms with E-state index in [1.165, 1.54) is 18.1 Å². The molecule has 0 bridgehead atoms. The summed E-state index contributed by atoms with van der Waals surface area (Å²) in [6, 6.07) is 7.39. The highest BCUT2D eigenvalue weighted by atomic mass is 35.5. The van der Waals surface area contributed by atoms with Crippen LogP contribution in [0, 0.1) is 29.6 Å². The smallest absolute Gasteiger partial charge is 0.272 e. The summed E-state index contributed by atoms with van der Waals surface area (Å²) in [5.41, 5.74) is 0.457. The Balaban J connectivity index is 2.54. The Hall–Kier alpha value is -3.55. The quantitative estimate of drug-likeness (QED) is 0.487. The van der Waals surface area contributed by atoms with Crippen molar-refractivity contribution in [3.05, 3.63) is 57.9 Å². The number of anilines is 1. The number of aliphatic hydroxyl groups is 1. The molecule has 1 heterocycles. The molecule has 0 spiro atoms. The van der Waals surface area contributed by atoms with E-state index in [1.807, 2.05) is 0 Å². The number of hydrogen-bond acceptors (Lipinski definition) is 6. The second kappa shape index (κ2) is 7.56. The molecule has 0 radical (unpaired) electrons. The van der Waals surface area contributed by atoms with E-state index in [1.54, 1.807) is 31.3 Å². The molecule has 1 aromatic carbocycles. The highest BCUT2D eigenvalue weighted by Gasteiger charge is 2.23. The van der Waals surface area contributed by atoms with Crippen molar-refractivity contribution in [1.82, 2.24) is 4.98 Å². The molecule has 0 saturated carbocycles. The molecule has 26 heavy (non-hydrogen) atoms. The van der Waals surface area contributed by atoms with Gasteiger partial charge in [-0.1, -0.05) is 11.6 Å². The highest BCUT2D eigenvalue weighted by molar-refractivity contribution is 6.32. The van der Waals surface area contributed by atoms with Crippen molar-refractivity contribution in [3.8, 4) is 17.9 Å². The number of hydrogen-bond donors (Lipinski definition) is 2. The zero-order valence-corrected chi connectivity index (χ0v) is 14.6. The number of carbonyl (C=O) groups is 1. The zero-order valence-electron chi connectivity index (χ0n) is 13.9. The third-order valence-corrected chi connectivity index (χ3v) is 3.99.